The number of aromatic amines is 1. The molecule has 0 atom stereocenters. The predicted molar refractivity (Wildman–Crippen MR) is 73.2 cm³/mol. The van der Waals surface area contributed by atoms with Crippen LogP contribution in [0.1, 0.15) is 5.56 Å². The molecule has 90 valence electrons. The van der Waals surface area contributed by atoms with Gasteiger partial charge < -0.3 is 4.98 Å². The quantitative estimate of drug-likeness (QED) is 0.651. The van der Waals surface area contributed by atoms with E-state index in [0.717, 1.165) is 22.3 Å². The van der Waals surface area contributed by atoms with Crippen molar-refractivity contribution in [3.63, 3.8) is 0 Å². The molecule has 0 saturated carbocycles. The van der Waals surface area contributed by atoms with Crippen LogP contribution in [0.25, 0.3) is 16.7 Å². The molecular weight excluding hydrogens is 247 g/mol. The number of imidazole rings is 1. The van der Waals surface area contributed by atoms with Crippen molar-refractivity contribution in [2.45, 2.75) is 6.92 Å². The minimum absolute atomic E-state index is 0.266. The Morgan fingerprint density at radius 2 is 2.00 bits per heavy atom. The zero-order chi connectivity index (χ0) is 12.7. The number of halogens is 1. The van der Waals surface area contributed by atoms with Crippen LogP contribution in [0, 0.1) is 17.5 Å². The second kappa shape index (κ2) is 4.07. The first-order valence-corrected chi connectivity index (χ1v) is 6.03. The summed E-state index contributed by atoms with van der Waals surface area (Å²) in [6, 6.07) is 12.6. The van der Waals surface area contributed by atoms with Gasteiger partial charge in [-0.15, -0.1) is 0 Å². The van der Waals surface area contributed by atoms with Gasteiger partial charge in [0.1, 0.15) is 5.82 Å². The van der Waals surface area contributed by atoms with Gasteiger partial charge in [0.05, 0.1) is 11.0 Å². The van der Waals surface area contributed by atoms with Crippen LogP contribution in [-0.4, -0.2) is 9.55 Å². The van der Waals surface area contributed by atoms with E-state index in [0.29, 0.717) is 4.77 Å². The van der Waals surface area contributed by atoms with Crippen LogP contribution in [0.2, 0.25) is 0 Å². The van der Waals surface area contributed by atoms with E-state index in [1.54, 1.807) is 6.07 Å². The van der Waals surface area contributed by atoms with Crippen molar-refractivity contribution in [2.75, 3.05) is 0 Å². The SMILES string of the molecule is Cc1cccc(-n2c(=S)[nH]c3ccc(F)cc32)c1. The van der Waals surface area contributed by atoms with Gasteiger partial charge in [0.2, 0.25) is 0 Å². The minimum Gasteiger partial charge on any atom is -0.330 e. The Balaban J connectivity index is 2.38. The molecule has 0 aliphatic heterocycles. The van der Waals surface area contributed by atoms with Crippen molar-refractivity contribution in [1.29, 1.82) is 0 Å². The van der Waals surface area contributed by atoms with Gasteiger partial charge in [-0.1, -0.05) is 12.1 Å². The molecule has 0 radical (unpaired) electrons. The highest BCUT2D eigenvalue weighted by Gasteiger charge is 2.07. The van der Waals surface area contributed by atoms with E-state index in [2.05, 4.69) is 4.98 Å². The number of H-pyrrole nitrogens is 1. The van der Waals surface area contributed by atoms with Crippen molar-refractivity contribution in [3.8, 4) is 5.69 Å². The molecule has 0 aliphatic carbocycles. The summed E-state index contributed by atoms with van der Waals surface area (Å²) < 4.78 is 15.8. The fourth-order valence-corrected chi connectivity index (χ4v) is 2.41. The lowest BCUT2D eigenvalue weighted by molar-refractivity contribution is 0.629. The van der Waals surface area contributed by atoms with Gasteiger partial charge in [0.25, 0.3) is 0 Å². The van der Waals surface area contributed by atoms with Gasteiger partial charge in [-0.3, -0.25) is 4.57 Å². The van der Waals surface area contributed by atoms with Crippen LogP contribution in [-0.2, 0) is 0 Å². The molecule has 1 heterocycles. The van der Waals surface area contributed by atoms with Gasteiger partial charge in [0, 0.05) is 11.8 Å². The van der Waals surface area contributed by atoms with Crippen LogP contribution in [0.15, 0.2) is 42.5 Å². The standard InChI is InChI=1S/C14H11FN2S/c1-9-3-2-4-11(7-9)17-13-8-10(15)5-6-12(13)16-14(17)18/h2-8H,1H3,(H,16,18). The highest BCUT2D eigenvalue weighted by molar-refractivity contribution is 7.71. The maximum absolute atomic E-state index is 13.4. The van der Waals surface area contributed by atoms with Crippen LogP contribution in [0.5, 0.6) is 0 Å². The molecule has 0 bridgehead atoms. The first-order valence-electron chi connectivity index (χ1n) is 5.62. The average Bonchev–Trinajstić information content (AvgIpc) is 2.64. The van der Waals surface area contributed by atoms with E-state index in [4.69, 9.17) is 12.2 Å². The van der Waals surface area contributed by atoms with E-state index in [1.165, 1.54) is 12.1 Å². The lowest BCUT2D eigenvalue weighted by Crippen LogP contribution is -1.94. The molecule has 2 nitrogen and oxygen atoms in total. The largest absolute Gasteiger partial charge is 0.330 e. The fourth-order valence-electron chi connectivity index (χ4n) is 2.10. The number of fused-ring (bicyclic) bond motifs is 1. The molecule has 0 amide bonds. The molecule has 3 aromatic rings. The summed E-state index contributed by atoms with van der Waals surface area (Å²) in [5, 5.41) is 0. The Morgan fingerprint density at radius 1 is 1.17 bits per heavy atom. The number of rotatable bonds is 1. The molecule has 4 heteroatoms. The third-order valence-electron chi connectivity index (χ3n) is 2.91. The molecule has 2 aromatic carbocycles. The van der Waals surface area contributed by atoms with Crippen LogP contribution >= 0.6 is 12.2 Å². The normalized spacial score (nSPS) is 11.0. The summed E-state index contributed by atoms with van der Waals surface area (Å²) in [6.07, 6.45) is 0. The zero-order valence-corrected chi connectivity index (χ0v) is 10.6. The molecule has 0 fully saturated rings. The second-order valence-electron chi connectivity index (χ2n) is 4.27. The van der Waals surface area contributed by atoms with Crippen LogP contribution in [0.4, 0.5) is 4.39 Å². The van der Waals surface area contributed by atoms with Crippen molar-refractivity contribution in [3.05, 3.63) is 58.6 Å². The van der Waals surface area contributed by atoms with Crippen LogP contribution in [0.3, 0.4) is 0 Å². The molecule has 0 spiro atoms. The van der Waals surface area contributed by atoms with Crippen molar-refractivity contribution < 1.29 is 4.39 Å². The molecule has 1 N–H and O–H groups in total. The Kier molecular flexibility index (Phi) is 2.52. The van der Waals surface area contributed by atoms with Gasteiger partial charge in [0.15, 0.2) is 4.77 Å². The molecule has 1 aromatic heterocycles. The van der Waals surface area contributed by atoms with Gasteiger partial charge in [-0.25, -0.2) is 4.39 Å². The zero-order valence-electron chi connectivity index (χ0n) is 9.77. The Morgan fingerprint density at radius 3 is 2.78 bits per heavy atom. The number of aryl methyl sites for hydroxylation is 1. The summed E-state index contributed by atoms with van der Waals surface area (Å²) >= 11 is 5.31. The third-order valence-corrected chi connectivity index (χ3v) is 3.19. The van der Waals surface area contributed by atoms with E-state index >= 15 is 0 Å². The van der Waals surface area contributed by atoms with Gasteiger partial charge >= 0.3 is 0 Å². The van der Waals surface area contributed by atoms with Crippen LogP contribution < -0.4 is 0 Å². The Bertz CT molecular complexity index is 786. The second-order valence-corrected chi connectivity index (χ2v) is 4.65. The minimum atomic E-state index is -0.266. The van der Waals surface area contributed by atoms with E-state index in [9.17, 15) is 4.39 Å². The van der Waals surface area contributed by atoms with Crippen molar-refractivity contribution >= 4 is 23.3 Å². The average molecular weight is 258 g/mol. The number of nitrogens with zero attached hydrogens (tertiary/aromatic N) is 1. The third kappa shape index (κ3) is 1.75. The summed E-state index contributed by atoms with van der Waals surface area (Å²) in [7, 11) is 0. The smallest absolute Gasteiger partial charge is 0.182 e. The molecule has 0 aliphatic rings. The number of nitrogens with one attached hydrogen (secondary N) is 1. The predicted octanol–water partition coefficient (Wildman–Crippen LogP) is 4.14. The number of aromatic nitrogens is 2. The first kappa shape index (κ1) is 11.2. The molecule has 0 unspecified atom stereocenters. The first-order chi connectivity index (χ1) is 8.65. The molecule has 3 rings (SSSR count). The Labute approximate surface area is 109 Å². The Hall–Kier alpha value is -1.94. The lowest BCUT2D eigenvalue weighted by Gasteiger charge is -2.05. The number of hydrogen-bond acceptors (Lipinski definition) is 1. The molecule has 18 heavy (non-hydrogen) atoms. The topological polar surface area (TPSA) is 20.7 Å². The van der Waals surface area contributed by atoms with Crippen molar-refractivity contribution in [1.82, 2.24) is 9.55 Å². The fraction of sp³-hybridized carbons (Fsp3) is 0.0714. The molecule has 0 saturated heterocycles. The highest BCUT2D eigenvalue weighted by Crippen LogP contribution is 2.21. The van der Waals surface area contributed by atoms with Gasteiger partial charge in [-0.05, 0) is 49.0 Å². The lowest BCUT2D eigenvalue weighted by atomic mass is 10.2. The molecular formula is C14H11FN2S. The maximum Gasteiger partial charge on any atom is 0.182 e. The monoisotopic (exact) mass is 258 g/mol. The van der Waals surface area contributed by atoms with Crippen molar-refractivity contribution in [2.24, 2.45) is 0 Å². The maximum atomic E-state index is 13.4. The highest BCUT2D eigenvalue weighted by atomic mass is 32.1. The van der Waals surface area contributed by atoms with E-state index in [1.807, 2.05) is 35.8 Å². The summed E-state index contributed by atoms with van der Waals surface area (Å²) in [5.74, 6) is -0.266. The van der Waals surface area contributed by atoms with Gasteiger partial charge in [-0.2, -0.15) is 0 Å². The summed E-state index contributed by atoms with van der Waals surface area (Å²) in [4.78, 5) is 3.08. The number of benzene rings is 2. The van der Waals surface area contributed by atoms with E-state index < -0.39 is 0 Å². The summed E-state index contributed by atoms with van der Waals surface area (Å²) in [6.45, 7) is 2.02. The number of hydrogen-bond donors (Lipinski definition) is 1. The summed E-state index contributed by atoms with van der Waals surface area (Å²) in [5.41, 5.74) is 3.67. The van der Waals surface area contributed by atoms with E-state index in [-0.39, 0.29) is 5.82 Å².